The topological polar surface area (TPSA) is 62.1 Å². The Balaban J connectivity index is 1.83. The van der Waals surface area contributed by atoms with E-state index in [2.05, 4.69) is 20.3 Å². The Morgan fingerprint density at radius 2 is 1.92 bits per heavy atom. The molecule has 0 unspecified atom stereocenters. The summed E-state index contributed by atoms with van der Waals surface area (Å²) in [6.45, 7) is 1.31. The molecule has 2 aliphatic heterocycles. The number of aliphatic imine (C=N–C) groups is 1. The van der Waals surface area contributed by atoms with Gasteiger partial charge in [0.2, 0.25) is 0 Å². The van der Waals surface area contributed by atoms with Gasteiger partial charge in [0.1, 0.15) is 29.0 Å². The molecular weight excluding hydrogens is 350 g/mol. The van der Waals surface area contributed by atoms with Gasteiger partial charge < -0.3 is 4.90 Å². The van der Waals surface area contributed by atoms with Gasteiger partial charge in [-0.1, -0.05) is 11.6 Å². The molecule has 0 spiro atoms. The largest absolute Gasteiger partial charge is 0.310 e. The average molecular weight is 361 g/mol. The van der Waals surface area contributed by atoms with E-state index in [0.717, 1.165) is 36.5 Å². The normalized spacial score (nSPS) is 15.5. The van der Waals surface area contributed by atoms with Crippen molar-refractivity contribution < 1.29 is 8.78 Å². The second-order valence-corrected chi connectivity index (χ2v) is 6.36. The number of aryl methyl sites for hydroxylation is 1. The summed E-state index contributed by atoms with van der Waals surface area (Å²) in [7, 11) is 0. The molecule has 0 saturated carbocycles. The van der Waals surface area contributed by atoms with Gasteiger partial charge in [-0.15, -0.1) is 0 Å². The van der Waals surface area contributed by atoms with E-state index in [0.29, 0.717) is 17.9 Å². The van der Waals surface area contributed by atoms with Crippen LogP contribution in [0.3, 0.4) is 0 Å². The average Bonchev–Trinajstić information content (AvgIpc) is 3.16. The number of H-pyrrole nitrogens is 1. The van der Waals surface area contributed by atoms with Crippen molar-refractivity contribution in [2.75, 3.05) is 11.4 Å². The fourth-order valence-corrected chi connectivity index (χ4v) is 3.57. The lowest BCUT2D eigenvalue weighted by molar-refractivity contribution is 0.543. The van der Waals surface area contributed by atoms with Gasteiger partial charge in [-0.05, 0) is 18.6 Å². The fourth-order valence-electron chi connectivity index (χ4n) is 3.38. The second kappa shape index (κ2) is 5.13. The smallest absolute Gasteiger partial charge is 0.148 e. The van der Waals surface area contributed by atoms with Crippen molar-refractivity contribution in [2.24, 2.45) is 4.99 Å². The maximum Gasteiger partial charge on any atom is 0.148 e. The number of benzene rings is 1. The Morgan fingerprint density at radius 3 is 2.72 bits per heavy atom. The molecule has 0 bridgehead atoms. The van der Waals surface area contributed by atoms with Crippen LogP contribution in [-0.2, 0) is 6.54 Å². The molecule has 0 saturated heterocycles. The Hall–Kier alpha value is -2.74. The molecule has 2 aliphatic rings. The van der Waals surface area contributed by atoms with Crippen molar-refractivity contribution in [2.45, 2.75) is 13.0 Å². The number of hydrogen-bond acceptors (Lipinski definition) is 4. The third-order valence-corrected chi connectivity index (χ3v) is 4.64. The van der Waals surface area contributed by atoms with Crippen LogP contribution in [0.15, 0.2) is 29.5 Å². The summed E-state index contributed by atoms with van der Waals surface area (Å²) in [5, 5.41) is 11.3. The Labute approximate surface area is 145 Å². The summed E-state index contributed by atoms with van der Waals surface area (Å²) < 4.78 is 31.0. The summed E-state index contributed by atoms with van der Waals surface area (Å²) in [4.78, 5) is 6.32. The molecular formula is C16H11ClF2N6. The first-order valence-electron chi connectivity index (χ1n) is 7.74. The van der Waals surface area contributed by atoms with Crippen molar-refractivity contribution in [3.05, 3.63) is 46.7 Å². The van der Waals surface area contributed by atoms with Crippen LogP contribution in [0.1, 0.15) is 12.0 Å². The molecule has 0 atom stereocenters. The maximum atomic E-state index is 14.6. The molecule has 25 heavy (non-hydrogen) atoms. The van der Waals surface area contributed by atoms with E-state index in [1.165, 1.54) is 6.20 Å². The van der Waals surface area contributed by atoms with Crippen molar-refractivity contribution in [3.8, 4) is 11.3 Å². The predicted octanol–water partition coefficient (Wildman–Crippen LogP) is 3.51. The second-order valence-electron chi connectivity index (χ2n) is 5.92. The third-order valence-electron chi connectivity index (χ3n) is 4.42. The lowest BCUT2D eigenvalue weighted by Gasteiger charge is -2.30. The summed E-state index contributed by atoms with van der Waals surface area (Å²) >= 11 is 5.76. The number of anilines is 1. The van der Waals surface area contributed by atoms with E-state index in [1.54, 1.807) is 11.1 Å². The number of aromatic nitrogens is 4. The first-order valence-corrected chi connectivity index (χ1v) is 8.12. The zero-order chi connectivity index (χ0) is 17.1. The van der Waals surface area contributed by atoms with E-state index in [9.17, 15) is 8.78 Å². The van der Waals surface area contributed by atoms with Crippen molar-refractivity contribution in [3.63, 3.8) is 0 Å². The van der Waals surface area contributed by atoms with E-state index >= 15 is 0 Å². The molecule has 0 amide bonds. The standard InChI is InChI=1S/C16H11ClF2N6/c17-8-4-10(18)13(11(19)5-8)15-22-12-7-20-23-14(12)9-6-21-25-3-1-2-24(15)16(9)25/h4-7H,1-3H2,(H,20,23). The quantitative estimate of drug-likeness (QED) is 0.722. The van der Waals surface area contributed by atoms with Gasteiger partial charge >= 0.3 is 0 Å². The highest BCUT2D eigenvalue weighted by molar-refractivity contribution is 6.30. The van der Waals surface area contributed by atoms with Crippen LogP contribution < -0.4 is 4.90 Å². The lowest BCUT2D eigenvalue weighted by Crippen LogP contribution is -2.39. The van der Waals surface area contributed by atoms with Crippen LogP contribution in [0.2, 0.25) is 5.02 Å². The molecule has 1 aromatic carbocycles. The Kier molecular flexibility index (Phi) is 2.99. The van der Waals surface area contributed by atoms with Crippen LogP contribution >= 0.6 is 11.6 Å². The fraction of sp³-hybridized carbons (Fsp3) is 0.188. The summed E-state index contributed by atoms with van der Waals surface area (Å²) in [5.41, 5.74) is 1.78. The molecule has 0 fully saturated rings. The molecule has 0 aliphatic carbocycles. The van der Waals surface area contributed by atoms with Gasteiger partial charge in [-0.25, -0.2) is 18.5 Å². The number of nitrogens with one attached hydrogen (secondary N) is 1. The van der Waals surface area contributed by atoms with Crippen LogP contribution in [0.5, 0.6) is 0 Å². The van der Waals surface area contributed by atoms with Gasteiger partial charge in [0, 0.05) is 18.1 Å². The molecule has 6 nitrogen and oxygen atoms in total. The minimum Gasteiger partial charge on any atom is -0.310 e. The lowest BCUT2D eigenvalue weighted by atomic mass is 10.1. The summed E-state index contributed by atoms with van der Waals surface area (Å²) in [6.07, 6.45) is 4.04. The summed E-state index contributed by atoms with van der Waals surface area (Å²) in [6, 6.07) is 2.18. The van der Waals surface area contributed by atoms with Gasteiger partial charge in [0.05, 0.1) is 29.2 Å². The van der Waals surface area contributed by atoms with Gasteiger partial charge in [0.25, 0.3) is 0 Å². The number of rotatable bonds is 1. The van der Waals surface area contributed by atoms with Crippen LogP contribution in [0.25, 0.3) is 11.3 Å². The molecule has 3 aromatic rings. The van der Waals surface area contributed by atoms with Crippen molar-refractivity contribution in [1.82, 2.24) is 20.0 Å². The SMILES string of the molecule is Fc1cc(Cl)cc(F)c1C1=Nc2cn[nH]c2-c2cnn3c2N1CCC3. The maximum absolute atomic E-state index is 14.6. The van der Waals surface area contributed by atoms with Gasteiger partial charge in [-0.3, -0.25) is 5.10 Å². The van der Waals surface area contributed by atoms with Crippen LogP contribution in [-0.4, -0.2) is 32.4 Å². The predicted molar refractivity (Wildman–Crippen MR) is 89.3 cm³/mol. The molecule has 9 heteroatoms. The third kappa shape index (κ3) is 2.03. The van der Waals surface area contributed by atoms with Crippen molar-refractivity contribution in [1.29, 1.82) is 0 Å². The van der Waals surface area contributed by atoms with E-state index < -0.39 is 11.6 Å². The summed E-state index contributed by atoms with van der Waals surface area (Å²) in [5.74, 6) is -0.570. The first kappa shape index (κ1) is 14.6. The van der Waals surface area contributed by atoms with Gasteiger partial charge in [0.15, 0.2) is 0 Å². The van der Waals surface area contributed by atoms with Crippen LogP contribution in [0.4, 0.5) is 20.3 Å². The van der Waals surface area contributed by atoms with Gasteiger partial charge in [-0.2, -0.15) is 10.2 Å². The monoisotopic (exact) mass is 360 g/mol. The minimum atomic E-state index is -0.756. The Bertz CT molecular complexity index is 1010. The molecule has 5 rings (SSSR count). The Morgan fingerprint density at radius 1 is 1.12 bits per heavy atom. The molecule has 2 aromatic heterocycles. The molecule has 1 N–H and O–H groups in total. The van der Waals surface area contributed by atoms with E-state index in [4.69, 9.17) is 11.6 Å². The number of nitrogens with zero attached hydrogens (tertiary/aromatic N) is 5. The molecule has 0 radical (unpaired) electrons. The van der Waals surface area contributed by atoms with Crippen molar-refractivity contribution >= 4 is 28.9 Å². The molecule has 4 heterocycles. The number of hydrogen-bond donors (Lipinski definition) is 1. The highest BCUT2D eigenvalue weighted by Crippen LogP contribution is 2.41. The number of halogens is 3. The first-order chi connectivity index (χ1) is 12.1. The van der Waals surface area contributed by atoms with Crippen LogP contribution in [0, 0.1) is 11.6 Å². The number of aromatic amines is 1. The highest BCUT2D eigenvalue weighted by Gasteiger charge is 2.33. The number of amidine groups is 1. The minimum absolute atomic E-state index is 0.00125. The van der Waals surface area contributed by atoms with E-state index in [1.807, 2.05) is 4.68 Å². The zero-order valence-corrected chi connectivity index (χ0v) is 13.6. The number of fused-ring (bicyclic) bond motifs is 2. The van der Waals surface area contributed by atoms with E-state index in [-0.39, 0.29) is 16.4 Å². The zero-order valence-electron chi connectivity index (χ0n) is 12.8. The molecule has 126 valence electrons. The highest BCUT2D eigenvalue weighted by atomic mass is 35.5.